The molecule has 5 rings (SSSR count). The number of aliphatic hydroxyl groups is 1. The minimum absolute atomic E-state index is 0.0194. The van der Waals surface area contributed by atoms with Crippen LogP contribution in [0.4, 0.5) is 28.9 Å². The number of ketones is 1. The van der Waals surface area contributed by atoms with Crippen molar-refractivity contribution in [2.45, 2.75) is 13.0 Å². The summed E-state index contributed by atoms with van der Waals surface area (Å²) in [6.07, 6.45) is 1.76. The van der Waals surface area contributed by atoms with E-state index in [1.54, 1.807) is 6.07 Å². The number of hydrogen-bond donors (Lipinski definition) is 1. The number of carbonyl (C=O) groups is 2. The Kier molecular flexibility index (Phi) is 9.78. The lowest BCUT2D eigenvalue weighted by Crippen LogP contribution is -2.50. The molecular formula is C35H32F4N4O4. The summed E-state index contributed by atoms with van der Waals surface area (Å²) in [5, 5.41) is 10.9. The number of benzene rings is 3. The molecule has 0 bridgehead atoms. The average Bonchev–Trinajstić information content (AvgIpc) is 3.05. The van der Waals surface area contributed by atoms with Gasteiger partial charge in [-0.15, -0.1) is 0 Å². The minimum atomic E-state index is -1.64. The summed E-state index contributed by atoms with van der Waals surface area (Å²) >= 11 is 0. The summed E-state index contributed by atoms with van der Waals surface area (Å²) in [7, 11) is 3.89. The Balaban J connectivity index is 1.37. The van der Waals surface area contributed by atoms with Crippen molar-refractivity contribution in [3.05, 3.63) is 135 Å². The van der Waals surface area contributed by atoms with Crippen molar-refractivity contribution in [3.8, 4) is 0 Å². The molecule has 0 atom stereocenters. The smallest absolute Gasteiger partial charge is 0.294 e. The number of rotatable bonds is 9. The van der Waals surface area contributed by atoms with E-state index in [0.29, 0.717) is 19.2 Å². The fraction of sp³-hybridized carbons (Fsp3) is 0.229. The lowest BCUT2D eigenvalue weighted by molar-refractivity contribution is -0.142. The zero-order valence-corrected chi connectivity index (χ0v) is 25.7. The second-order valence-corrected chi connectivity index (χ2v) is 11.4. The van der Waals surface area contributed by atoms with Gasteiger partial charge in [-0.3, -0.25) is 14.4 Å². The zero-order chi connectivity index (χ0) is 33.8. The fourth-order valence-electron chi connectivity index (χ4n) is 5.40. The molecule has 0 spiro atoms. The molecule has 12 heteroatoms. The van der Waals surface area contributed by atoms with Crippen LogP contribution < -0.4 is 15.4 Å². The summed E-state index contributed by atoms with van der Waals surface area (Å²) in [6.45, 7) is 1.18. The number of hydrogen-bond acceptors (Lipinski definition) is 6. The van der Waals surface area contributed by atoms with Gasteiger partial charge in [-0.05, 0) is 66.1 Å². The van der Waals surface area contributed by atoms with Gasteiger partial charge in [0.05, 0.1) is 12.1 Å². The van der Waals surface area contributed by atoms with Crippen LogP contribution in [-0.2, 0) is 22.6 Å². The molecule has 2 heterocycles. The first-order chi connectivity index (χ1) is 22.4. The molecule has 1 N–H and O–H groups in total. The lowest BCUT2D eigenvalue weighted by atomic mass is 10.0. The van der Waals surface area contributed by atoms with Crippen molar-refractivity contribution < 1.29 is 32.3 Å². The highest BCUT2D eigenvalue weighted by Gasteiger charge is 2.26. The van der Waals surface area contributed by atoms with E-state index < -0.39 is 51.8 Å². The molecule has 8 nitrogen and oxygen atoms in total. The van der Waals surface area contributed by atoms with Gasteiger partial charge in [0.2, 0.25) is 5.78 Å². The highest BCUT2D eigenvalue weighted by Crippen LogP contribution is 2.22. The standard InChI is InChI=1S/C35H32F4N4O4/c1-40(2)25-7-9-26(10-8-25)41-11-13-42(14-12-41)35(47)32(45)19-31(44)27-16-23(15-22-17-29(37)33(39)30(38)18-22)20-43(34(27)46)21-24-5-3-4-6-28(24)36/h3-10,16-20,44H,11-15,21H2,1-2H3/b31-19+. The van der Waals surface area contributed by atoms with Gasteiger partial charge >= 0.3 is 0 Å². The van der Waals surface area contributed by atoms with Crippen LogP contribution in [0.15, 0.2) is 83.8 Å². The van der Waals surface area contributed by atoms with Crippen LogP contribution in [0.3, 0.4) is 0 Å². The topological polar surface area (TPSA) is 86.1 Å². The maximum absolute atomic E-state index is 14.5. The van der Waals surface area contributed by atoms with Crippen LogP contribution in [0.1, 0.15) is 22.3 Å². The van der Waals surface area contributed by atoms with E-state index in [1.165, 1.54) is 35.4 Å². The maximum Gasteiger partial charge on any atom is 0.294 e. The van der Waals surface area contributed by atoms with E-state index in [0.717, 1.165) is 28.1 Å². The molecule has 3 aromatic carbocycles. The highest BCUT2D eigenvalue weighted by molar-refractivity contribution is 6.41. The predicted molar refractivity (Wildman–Crippen MR) is 171 cm³/mol. The number of anilines is 2. The molecular weight excluding hydrogens is 616 g/mol. The van der Waals surface area contributed by atoms with Gasteiger partial charge in [-0.25, -0.2) is 17.6 Å². The Morgan fingerprint density at radius 3 is 2.11 bits per heavy atom. The number of amides is 1. The van der Waals surface area contributed by atoms with Crippen molar-refractivity contribution in [3.63, 3.8) is 0 Å². The van der Waals surface area contributed by atoms with E-state index in [9.17, 15) is 37.1 Å². The van der Waals surface area contributed by atoms with Gasteiger partial charge in [-0.1, -0.05) is 18.2 Å². The number of nitrogens with zero attached hydrogens (tertiary/aromatic N) is 4. The predicted octanol–water partition coefficient (Wildman–Crippen LogP) is 4.93. The zero-order valence-electron chi connectivity index (χ0n) is 25.7. The molecule has 4 aromatic rings. The SMILES string of the molecule is CN(C)c1ccc(N2CCN(C(=O)C(=O)/C=C(/O)c3cc(Cc4cc(F)c(F)c(F)c4)cn(Cc4ccccc4F)c3=O)CC2)cc1. The first-order valence-electron chi connectivity index (χ1n) is 14.8. The third-order valence-electron chi connectivity index (χ3n) is 7.95. The Morgan fingerprint density at radius 2 is 1.49 bits per heavy atom. The van der Waals surface area contributed by atoms with Gasteiger partial charge in [0.1, 0.15) is 11.6 Å². The normalized spacial score (nSPS) is 13.5. The van der Waals surface area contributed by atoms with Crippen LogP contribution in [0, 0.1) is 23.3 Å². The number of aliphatic hydroxyl groups excluding tert-OH is 1. The van der Waals surface area contributed by atoms with E-state index in [1.807, 2.05) is 43.3 Å². The summed E-state index contributed by atoms with van der Waals surface area (Å²) < 4.78 is 56.9. The lowest BCUT2D eigenvalue weighted by Gasteiger charge is -2.35. The van der Waals surface area contributed by atoms with Crippen molar-refractivity contribution in [2.24, 2.45) is 0 Å². The van der Waals surface area contributed by atoms with Crippen molar-refractivity contribution in [2.75, 3.05) is 50.1 Å². The minimum Gasteiger partial charge on any atom is -0.507 e. The summed E-state index contributed by atoms with van der Waals surface area (Å²) in [5.74, 6) is -7.78. The molecule has 244 valence electrons. The highest BCUT2D eigenvalue weighted by atomic mass is 19.2. The monoisotopic (exact) mass is 648 g/mol. The fourth-order valence-corrected chi connectivity index (χ4v) is 5.40. The molecule has 1 fully saturated rings. The average molecular weight is 649 g/mol. The van der Waals surface area contributed by atoms with Crippen LogP contribution in [0.25, 0.3) is 5.76 Å². The molecule has 1 aliphatic heterocycles. The first kappa shape index (κ1) is 33.0. The molecule has 1 aromatic heterocycles. The second-order valence-electron chi connectivity index (χ2n) is 11.4. The Labute approximate surface area is 268 Å². The van der Waals surface area contributed by atoms with Gasteiger partial charge < -0.3 is 24.4 Å². The number of pyridine rings is 1. The molecule has 47 heavy (non-hydrogen) atoms. The van der Waals surface area contributed by atoms with E-state index in [2.05, 4.69) is 4.90 Å². The van der Waals surface area contributed by atoms with Crippen LogP contribution in [0.5, 0.6) is 0 Å². The van der Waals surface area contributed by atoms with Crippen LogP contribution in [0.2, 0.25) is 0 Å². The Bertz CT molecular complexity index is 1880. The van der Waals surface area contributed by atoms with E-state index in [-0.39, 0.29) is 42.7 Å². The first-order valence-corrected chi connectivity index (χ1v) is 14.8. The second kappa shape index (κ2) is 13.9. The van der Waals surface area contributed by atoms with Gasteiger partial charge in [0, 0.05) is 69.5 Å². The Morgan fingerprint density at radius 1 is 0.851 bits per heavy atom. The van der Waals surface area contributed by atoms with Crippen molar-refractivity contribution >= 4 is 28.8 Å². The molecule has 0 radical (unpaired) electrons. The maximum atomic E-state index is 14.5. The number of carbonyl (C=O) groups excluding carboxylic acids is 2. The molecule has 1 aliphatic rings. The number of halogens is 4. The number of aromatic nitrogens is 1. The summed E-state index contributed by atoms with van der Waals surface area (Å²) in [5.41, 5.74) is 1.21. The van der Waals surface area contributed by atoms with E-state index >= 15 is 0 Å². The van der Waals surface area contributed by atoms with Gasteiger partial charge in [-0.2, -0.15) is 0 Å². The van der Waals surface area contributed by atoms with Gasteiger partial charge in [0.25, 0.3) is 11.5 Å². The molecule has 1 amide bonds. The largest absolute Gasteiger partial charge is 0.507 e. The quantitative estimate of drug-likeness (QED) is 0.0912. The molecule has 1 saturated heterocycles. The molecule has 0 unspecified atom stereocenters. The number of piperazine rings is 1. The van der Waals surface area contributed by atoms with Crippen molar-refractivity contribution in [1.82, 2.24) is 9.47 Å². The van der Waals surface area contributed by atoms with Crippen molar-refractivity contribution in [1.29, 1.82) is 0 Å². The summed E-state index contributed by atoms with van der Waals surface area (Å²) in [4.78, 5) is 44.9. The van der Waals surface area contributed by atoms with Crippen LogP contribution >= 0.6 is 0 Å². The van der Waals surface area contributed by atoms with Crippen LogP contribution in [-0.4, -0.2) is 66.5 Å². The molecule has 0 saturated carbocycles. The molecule has 0 aliphatic carbocycles. The van der Waals surface area contributed by atoms with E-state index in [4.69, 9.17) is 0 Å². The third kappa shape index (κ3) is 7.54. The van der Waals surface area contributed by atoms with Gasteiger partial charge in [0.15, 0.2) is 17.5 Å². The third-order valence-corrected chi connectivity index (χ3v) is 7.95. The summed E-state index contributed by atoms with van der Waals surface area (Å²) in [6, 6.07) is 16.4. The Hall–Kier alpha value is -5.39.